The third kappa shape index (κ3) is 2.75. The minimum Gasteiger partial charge on any atom is -0.493 e. The topological polar surface area (TPSA) is 34.1 Å². The van der Waals surface area contributed by atoms with Crippen LogP contribution in [0.5, 0.6) is 11.5 Å². The molecule has 0 aromatic heterocycles. The summed E-state index contributed by atoms with van der Waals surface area (Å²) >= 11 is 0. The van der Waals surface area contributed by atoms with Gasteiger partial charge in [0.15, 0.2) is 11.5 Å². The van der Waals surface area contributed by atoms with E-state index in [9.17, 15) is 0 Å². The van der Waals surface area contributed by atoms with E-state index in [0.717, 1.165) is 42.2 Å². The molecule has 4 nitrogen and oxygen atoms in total. The van der Waals surface area contributed by atoms with Crippen molar-refractivity contribution >= 4 is 5.71 Å². The molecule has 2 rings (SSSR count). The molecule has 1 aliphatic rings. The summed E-state index contributed by atoms with van der Waals surface area (Å²) in [6.07, 6.45) is 2.16. The van der Waals surface area contributed by atoms with Gasteiger partial charge in [-0.25, -0.2) is 0 Å². The zero-order valence-electron chi connectivity index (χ0n) is 11.3. The first-order valence-electron chi connectivity index (χ1n) is 6.34. The Labute approximate surface area is 108 Å². The summed E-state index contributed by atoms with van der Waals surface area (Å²) < 4.78 is 10.9. The Hall–Kier alpha value is -1.71. The highest BCUT2D eigenvalue weighted by Crippen LogP contribution is 2.29. The lowest BCUT2D eigenvalue weighted by molar-refractivity contribution is 0.310. The molecule has 18 heavy (non-hydrogen) atoms. The average molecular weight is 248 g/mol. The van der Waals surface area contributed by atoms with Crippen molar-refractivity contribution in [3.63, 3.8) is 0 Å². The lowest BCUT2D eigenvalue weighted by Gasteiger charge is -2.21. The molecule has 0 fully saturated rings. The fraction of sp³-hybridized carbons (Fsp3) is 0.500. The van der Waals surface area contributed by atoms with Crippen LogP contribution in [0.3, 0.4) is 0 Å². The van der Waals surface area contributed by atoms with Gasteiger partial charge < -0.3 is 9.47 Å². The van der Waals surface area contributed by atoms with Crippen molar-refractivity contribution in [2.75, 3.05) is 27.3 Å². The van der Waals surface area contributed by atoms with Crippen molar-refractivity contribution in [3.05, 3.63) is 23.8 Å². The van der Waals surface area contributed by atoms with E-state index >= 15 is 0 Å². The van der Waals surface area contributed by atoms with E-state index < -0.39 is 0 Å². The van der Waals surface area contributed by atoms with Crippen LogP contribution in [0.15, 0.2) is 23.3 Å². The van der Waals surface area contributed by atoms with E-state index in [0.29, 0.717) is 6.61 Å². The standard InChI is InChI=1S/C14H20N2O2/c1-4-18-14-10-11(7-8-13(14)17-3)12-6-5-9-16(2)15-12/h7-8,10H,4-6,9H2,1-3H3. The third-order valence-corrected chi connectivity index (χ3v) is 2.98. The highest BCUT2D eigenvalue weighted by molar-refractivity contribution is 6.01. The van der Waals surface area contributed by atoms with Gasteiger partial charge in [-0.1, -0.05) is 0 Å². The summed E-state index contributed by atoms with van der Waals surface area (Å²) in [4.78, 5) is 0. The van der Waals surface area contributed by atoms with Crippen LogP contribution in [-0.4, -0.2) is 38.0 Å². The first-order valence-corrected chi connectivity index (χ1v) is 6.34. The summed E-state index contributed by atoms with van der Waals surface area (Å²) in [5.74, 6) is 1.55. The number of ether oxygens (including phenoxy) is 2. The summed E-state index contributed by atoms with van der Waals surface area (Å²) in [6, 6.07) is 6.00. The Morgan fingerprint density at radius 3 is 2.83 bits per heavy atom. The van der Waals surface area contributed by atoms with Gasteiger partial charge in [0.25, 0.3) is 0 Å². The average Bonchev–Trinajstić information content (AvgIpc) is 2.39. The Balaban J connectivity index is 2.31. The van der Waals surface area contributed by atoms with Gasteiger partial charge in [-0.05, 0) is 38.0 Å². The van der Waals surface area contributed by atoms with Crippen molar-refractivity contribution in [3.8, 4) is 11.5 Å². The van der Waals surface area contributed by atoms with Gasteiger partial charge in [0, 0.05) is 19.2 Å². The fourth-order valence-electron chi connectivity index (χ4n) is 2.11. The first kappa shape index (κ1) is 12.7. The molecule has 0 radical (unpaired) electrons. The van der Waals surface area contributed by atoms with Crippen molar-refractivity contribution in [2.24, 2.45) is 5.10 Å². The first-order chi connectivity index (χ1) is 8.74. The maximum atomic E-state index is 5.59. The molecule has 0 saturated heterocycles. The Morgan fingerprint density at radius 1 is 1.33 bits per heavy atom. The molecular weight excluding hydrogens is 228 g/mol. The van der Waals surface area contributed by atoms with Crippen LogP contribution in [0.1, 0.15) is 25.3 Å². The second-order valence-corrected chi connectivity index (χ2v) is 4.33. The lowest BCUT2D eigenvalue weighted by Crippen LogP contribution is -2.22. The highest BCUT2D eigenvalue weighted by Gasteiger charge is 2.13. The fourth-order valence-corrected chi connectivity index (χ4v) is 2.11. The largest absolute Gasteiger partial charge is 0.493 e. The molecule has 1 aromatic carbocycles. The molecule has 0 amide bonds. The quantitative estimate of drug-likeness (QED) is 0.821. The second-order valence-electron chi connectivity index (χ2n) is 4.33. The summed E-state index contributed by atoms with van der Waals surface area (Å²) in [6.45, 7) is 3.63. The number of hydrazone groups is 1. The zero-order valence-corrected chi connectivity index (χ0v) is 11.3. The van der Waals surface area contributed by atoms with Crippen LogP contribution in [0, 0.1) is 0 Å². The highest BCUT2D eigenvalue weighted by atomic mass is 16.5. The maximum Gasteiger partial charge on any atom is 0.161 e. The SMILES string of the molecule is CCOc1cc(C2=NN(C)CCC2)ccc1OC. The number of nitrogens with zero attached hydrogens (tertiary/aromatic N) is 2. The molecule has 0 aliphatic carbocycles. The van der Waals surface area contributed by atoms with Crippen molar-refractivity contribution in [1.82, 2.24) is 5.01 Å². The second kappa shape index (κ2) is 5.76. The van der Waals surface area contributed by atoms with Gasteiger partial charge in [0.1, 0.15) is 0 Å². The molecule has 0 atom stereocenters. The van der Waals surface area contributed by atoms with Crippen LogP contribution >= 0.6 is 0 Å². The van der Waals surface area contributed by atoms with Crippen LogP contribution in [0.4, 0.5) is 0 Å². The predicted molar refractivity (Wildman–Crippen MR) is 72.6 cm³/mol. The van der Waals surface area contributed by atoms with Crippen molar-refractivity contribution < 1.29 is 9.47 Å². The van der Waals surface area contributed by atoms with E-state index in [1.54, 1.807) is 7.11 Å². The smallest absolute Gasteiger partial charge is 0.161 e. The summed E-state index contributed by atoms with van der Waals surface area (Å²) in [5, 5.41) is 6.55. The summed E-state index contributed by atoms with van der Waals surface area (Å²) in [5.41, 5.74) is 2.23. The number of hydrogen-bond donors (Lipinski definition) is 0. The molecule has 0 spiro atoms. The van der Waals surface area contributed by atoms with Crippen molar-refractivity contribution in [1.29, 1.82) is 0 Å². The normalized spacial score (nSPS) is 15.3. The van der Waals surface area contributed by atoms with Gasteiger partial charge in [-0.15, -0.1) is 0 Å². The molecule has 1 heterocycles. The van der Waals surface area contributed by atoms with Gasteiger partial charge >= 0.3 is 0 Å². The number of rotatable bonds is 4. The molecule has 0 saturated carbocycles. The molecule has 98 valence electrons. The predicted octanol–water partition coefficient (Wildman–Crippen LogP) is 2.52. The van der Waals surface area contributed by atoms with Crippen LogP contribution in [-0.2, 0) is 0 Å². The molecule has 0 bridgehead atoms. The van der Waals surface area contributed by atoms with Gasteiger partial charge in [0.2, 0.25) is 0 Å². The number of methoxy groups -OCH3 is 1. The molecule has 1 aliphatic heterocycles. The maximum absolute atomic E-state index is 5.59. The van der Waals surface area contributed by atoms with Crippen LogP contribution in [0.25, 0.3) is 0 Å². The summed E-state index contributed by atoms with van der Waals surface area (Å²) in [7, 11) is 3.66. The molecular formula is C14H20N2O2. The minimum atomic E-state index is 0.631. The minimum absolute atomic E-state index is 0.631. The Bertz CT molecular complexity index is 443. The van der Waals surface area contributed by atoms with Gasteiger partial charge in [-0.3, -0.25) is 5.01 Å². The van der Waals surface area contributed by atoms with Crippen LogP contribution < -0.4 is 9.47 Å². The Morgan fingerprint density at radius 2 is 2.17 bits per heavy atom. The molecule has 0 N–H and O–H groups in total. The monoisotopic (exact) mass is 248 g/mol. The third-order valence-electron chi connectivity index (χ3n) is 2.98. The van der Waals surface area contributed by atoms with E-state index in [-0.39, 0.29) is 0 Å². The molecule has 1 aromatic rings. The van der Waals surface area contributed by atoms with E-state index in [1.165, 1.54) is 0 Å². The van der Waals surface area contributed by atoms with E-state index in [4.69, 9.17) is 9.47 Å². The molecule has 0 unspecified atom stereocenters. The van der Waals surface area contributed by atoms with Gasteiger partial charge in [0.05, 0.1) is 19.4 Å². The zero-order chi connectivity index (χ0) is 13.0. The number of hydrogen-bond acceptors (Lipinski definition) is 4. The Kier molecular flexibility index (Phi) is 4.07. The van der Waals surface area contributed by atoms with Crippen molar-refractivity contribution in [2.45, 2.75) is 19.8 Å². The van der Waals surface area contributed by atoms with E-state index in [2.05, 4.69) is 5.10 Å². The van der Waals surface area contributed by atoms with E-state index in [1.807, 2.05) is 37.2 Å². The van der Waals surface area contributed by atoms with Crippen LogP contribution in [0.2, 0.25) is 0 Å². The van der Waals surface area contributed by atoms with Gasteiger partial charge in [-0.2, -0.15) is 5.10 Å². The number of benzene rings is 1. The molecule has 4 heteroatoms. The lowest BCUT2D eigenvalue weighted by atomic mass is 10.0.